The second-order valence-electron chi connectivity index (χ2n) is 12.4. The predicted molar refractivity (Wildman–Crippen MR) is 172 cm³/mol. The minimum absolute atomic E-state index is 0.0991. The van der Waals surface area contributed by atoms with E-state index in [0.717, 1.165) is 38.5 Å². The van der Waals surface area contributed by atoms with E-state index < -0.39 is 0 Å². The van der Waals surface area contributed by atoms with Gasteiger partial charge in [0, 0.05) is 37.3 Å². The van der Waals surface area contributed by atoms with Gasteiger partial charge in [0.2, 0.25) is 11.8 Å². The number of hydrogen-bond donors (Lipinski definition) is 3. The van der Waals surface area contributed by atoms with Gasteiger partial charge in [-0.05, 0) is 79.1 Å². The smallest absolute Gasteiger partial charge is 0.220 e. The van der Waals surface area contributed by atoms with Crippen molar-refractivity contribution in [3.8, 4) is 0 Å². The fourth-order valence-electron chi connectivity index (χ4n) is 4.63. The van der Waals surface area contributed by atoms with Crippen LogP contribution in [0.2, 0.25) is 0 Å². The fraction of sp³-hybridized carbons (Fsp3) is 0.879. The van der Waals surface area contributed by atoms with Gasteiger partial charge in [-0.15, -0.1) is 0 Å². The SMILES string of the molecule is CCCCCCCCC=CCCCCCCCC(=O)NC(C)(C)CCOC(C)(C)CCCCC(=O)NCCS. The first-order chi connectivity index (χ1) is 18.6. The van der Waals surface area contributed by atoms with Crippen molar-refractivity contribution in [3.63, 3.8) is 0 Å². The summed E-state index contributed by atoms with van der Waals surface area (Å²) >= 11 is 4.11. The molecule has 0 saturated carbocycles. The first-order valence-corrected chi connectivity index (χ1v) is 16.7. The van der Waals surface area contributed by atoms with Gasteiger partial charge in [-0.3, -0.25) is 9.59 Å². The lowest BCUT2D eigenvalue weighted by Gasteiger charge is -2.30. The van der Waals surface area contributed by atoms with E-state index in [1.807, 2.05) is 0 Å². The number of amides is 2. The van der Waals surface area contributed by atoms with Crippen LogP contribution in [-0.2, 0) is 14.3 Å². The number of rotatable bonds is 27. The first-order valence-electron chi connectivity index (χ1n) is 16.1. The Kier molecular flexibility index (Phi) is 24.1. The lowest BCUT2D eigenvalue weighted by atomic mass is 9.98. The van der Waals surface area contributed by atoms with E-state index in [1.165, 1.54) is 70.6 Å². The molecule has 0 rings (SSSR count). The summed E-state index contributed by atoms with van der Waals surface area (Å²) in [4.78, 5) is 24.1. The molecule has 2 N–H and O–H groups in total. The number of unbranched alkanes of at least 4 members (excludes halogenated alkanes) is 12. The highest BCUT2D eigenvalue weighted by molar-refractivity contribution is 7.80. The maximum absolute atomic E-state index is 12.4. The molecule has 0 fully saturated rings. The van der Waals surface area contributed by atoms with Gasteiger partial charge in [-0.2, -0.15) is 12.6 Å². The lowest BCUT2D eigenvalue weighted by Crippen LogP contribution is -2.44. The molecule has 0 bridgehead atoms. The highest BCUT2D eigenvalue weighted by Gasteiger charge is 2.23. The molecule has 0 aliphatic carbocycles. The molecule has 0 spiro atoms. The van der Waals surface area contributed by atoms with Crippen LogP contribution in [0.3, 0.4) is 0 Å². The fourth-order valence-corrected chi connectivity index (χ4v) is 4.75. The predicted octanol–water partition coefficient (Wildman–Crippen LogP) is 8.71. The van der Waals surface area contributed by atoms with Crippen LogP contribution in [0.15, 0.2) is 12.2 Å². The summed E-state index contributed by atoms with van der Waals surface area (Å²) in [6.45, 7) is 11.9. The molecule has 5 nitrogen and oxygen atoms in total. The summed E-state index contributed by atoms with van der Waals surface area (Å²) in [5, 5.41) is 6.05. The third-order valence-electron chi connectivity index (χ3n) is 7.23. The maximum Gasteiger partial charge on any atom is 0.220 e. The van der Waals surface area contributed by atoms with Crippen molar-refractivity contribution in [2.75, 3.05) is 18.9 Å². The van der Waals surface area contributed by atoms with Gasteiger partial charge in [0.1, 0.15) is 0 Å². The Morgan fingerprint density at radius 2 is 1.26 bits per heavy atom. The van der Waals surface area contributed by atoms with Crippen molar-refractivity contribution in [1.82, 2.24) is 10.6 Å². The molecule has 0 saturated heterocycles. The van der Waals surface area contributed by atoms with E-state index in [9.17, 15) is 9.59 Å². The Bertz CT molecular complexity index is 634. The van der Waals surface area contributed by atoms with Crippen molar-refractivity contribution in [1.29, 1.82) is 0 Å². The second kappa shape index (κ2) is 24.8. The Morgan fingerprint density at radius 1 is 0.718 bits per heavy atom. The Morgan fingerprint density at radius 3 is 1.87 bits per heavy atom. The van der Waals surface area contributed by atoms with Crippen LogP contribution < -0.4 is 10.6 Å². The second-order valence-corrected chi connectivity index (χ2v) is 12.9. The summed E-state index contributed by atoms with van der Waals surface area (Å²) in [5.74, 6) is 0.913. The highest BCUT2D eigenvalue weighted by Crippen LogP contribution is 2.21. The molecule has 230 valence electrons. The molecule has 0 unspecified atom stereocenters. The minimum Gasteiger partial charge on any atom is -0.375 e. The number of thiol groups is 1. The molecule has 0 atom stereocenters. The van der Waals surface area contributed by atoms with Crippen molar-refractivity contribution in [2.45, 2.75) is 168 Å². The summed E-state index contributed by atoms with van der Waals surface area (Å²) in [6, 6.07) is 0. The number of ether oxygens (including phenoxy) is 1. The van der Waals surface area contributed by atoms with E-state index in [1.54, 1.807) is 0 Å². The van der Waals surface area contributed by atoms with Gasteiger partial charge in [-0.1, -0.05) is 76.9 Å². The van der Waals surface area contributed by atoms with Crippen LogP contribution in [0.1, 0.15) is 157 Å². The summed E-state index contributed by atoms with van der Waals surface area (Å²) in [7, 11) is 0. The minimum atomic E-state index is -0.278. The van der Waals surface area contributed by atoms with Gasteiger partial charge in [0.05, 0.1) is 5.60 Å². The lowest BCUT2D eigenvalue weighted by molar-refractivity contribution is -0.123. The monoisotopic (exact) mass is 568 g/mol. The average molecular weight is 569 g/mol. The largest absolute Gasteiger partial charge is 0.375 e. The molecule has 0 aliphatic heterocycles. The Labute approximate surface area is 247 Å². The maximum atomic E-state index is 12.4. The summed E-state index contributed by atoms with van der Waals surface area (Å²) < 4.78 is 6.14. The summed E-state index contributed by atoms with van der Waals surface area (Å²) in [5.41, 5.74) is -0.509. The topological polar surface area (TPSA) is 67.4 Å². The van der Waals surface area contributed by atoms with E-state index >= 15 is 0 Å². The van der Waals surface area contributed by atoms with Crippen LogP contribution >= 0.6 is 12.6 Å². The molecular formula is C33H64N2O3S. The third-order valence-corrected chi connectivity index (χ3v) is 7.45. The van der Waals surface area contributed by atoms with E-state index in [2.05, 4.69) is 70.0 Å². The molecule has 0 radical (unpaired) electrons. The van der Waals surface area contributed by atoms with Crippen LogP contribution in [0, 0.1) is 0 Å². The van der Waals surface area contributed by atoms with E-state index in [-0.39, 0.29) is 23.0 Å². The van der Waals surface area contributed by atoms with E-state index in [0.29, 0.717) is 31.7 Å². The van der Waals surface area contributed by atoms with Crippen molar-refractivity contribution < 1.29 is 14.3 Å². The van der Waals surface area contributed by atoms with Crippen LogP contribution in [0.5, 0.6) is 0 Å². The van der Waals surface area contributed by atoms with Crippen LogP contribution in [-0.4, -0.2) is 41.9 Å². The highest BCUT2D eigenvalue weighted by atomic mass is 32.1. The molecule has 0 aliphatic rings. The number of allylic oxidation sites excluding steroid dienone is 2. The zero-order valence-electron chi connectivity index (χ0n) is 26.4. The third kappa shape index (κ3) is 27.0. The van der Waals surface area contributed by atoms with Gasteiger partial charge in [0.25, 0.3) is 0 Å². The number of nitrogens with one attached hydrogen (secondary N) is 2. The first kappa shape index (κ1) is 38.0. The number of hydrogen-bond acceptors (Lipinski definition) is 4. The molecule has 6 heteroatoms. The normalized spacial score (nSPS) is 12.3. The van der Waals surface area contributed by atoms with Crippen molar-refractivity contribution in [2.24, 2.45) is 0 Å². The summed E-state index contributed by atoms with van der Waals surface area (Å²) in [6.07, 6.45) is 25.9. The molecule has 0 heterocycles. The standard InChI is InChI=1S/C33H64N2O3S/c1-6-7-8-9-10-11-12-13-14-15-16-17-18-19-20-24-31(37)35-32(2,3)26-28-38-33(4,5)25-22-21-23-30(36)34-27-29-39/h13-14,39H,6-12,15-29H2,1-5H3,(H,34,36)(H,35,37). The van der Waals surface area contributed by atoms with Gasteiger partial charge >= 0.3 is 0 Å². The van der Waals surface area contributed by atoms with Gasteiger partial charge in [0.15, 0.2) is 0 Å². The van der Waals surface area contributed by atoms with Gasteiger partial charge < -0.3 is 15.4 Å². The van der Waals surface area contributed by atoms with E-state index in [4.69, 9.17) is 4.74 Å². The molecule has 0 aromatic carbocycles. The zero-order valence-corrected chi connectivity index (χ0v) is 27.3. The van der Waals surface area contributed by atoms with Crippen LogP contribution in [0.25, 0.3) is 0 Å². The van der Waals surface area contributed by atoms with Crippen molar-refractivity contribution >= 4 is 24.4 Å². The van der Waals surface area contributed by atoms with Gasteiger partial charge in [-0.25, -0.2) is 0 Å². The molecule has 0 aromatic heterocycles. The average Bonchev–Trinajstić information content (AvgIpc) is 2.87. The molecular weight excluding hydrogens is 504 g/mol. The quantitative estimate of drug-likeness (QED) is 0.0527. The number of carbonyl (C=O) groups excluding carboxylic acids is 2. The Balaban J connectivity index is 3.77. The Hall–Kier alpha value is -1.01. The number of carbonyl (C=O) groups is 2. The molecule has 39 heavy (non-hydrogen) atoms. The van der Waals surface area contributed by atoms with Crippen LogP contribution in [0.4, 0.5) is 0 Å². The zero-order chi connectivity index (χ0) is 29.2. The molecule has 2 amide bonds. The van der Waals surface area contributed by atoms with Crippen molar-refractivity contribution in [3.05, 3.63) is 12.2 Å². The molecule has 0 aromatic rings.